The molecule has 1 fully saturated rings. The number of benzene rings is 1. The summed E-state index contributed by atoms with van der Waals surface area (Å²) in [4.78, 5) is 0. The van der Waals surface area contributed by atoms with Crippen molar-refractivity contribution in [3.05, 3.63) is 42.2 Å². The average Bonchev–Trinajstić information content (AvgIpc) is 3.14. The van der Waals surface area contributed by atoms with E-state index in [1.807, 2.05) is 0 Å². The van der Waals surface area contributed by atoms with Gasteiger partial charge in [0, 0.05) is 30.3 Å². The zero-order valence-electron chi connectivity index (χ0n) is 40.3. The van der Waals surface area contributed by atoms with E-state index in [1.165, 1.54) is 61.8 Å². The maximum atomic E-state index is 7.64. The molecule has 56 heavy (non-hydrogen) atoms. The average molecular weight is 850 g/mol. The molecule has 1 aromatic rings. The Balaban J connectivity index is 2.66. The standard InChI is InChI=1S/C47H92O5Si4/c1-20-24-32-55(33-25-21-2,34-26-22-3)48-35-38(9)44-40(11)46(52-56(51-44,36(5)6)37(7)8)41(12)45(50-54(18,19)47(13,14)15)39(10)43(23-4)49-53(16,17)42-30-28-27-29-31-42/h23,27-31,36-41,44-46H,20-22,24-26,32-35H2,1-19H3/b43-23-/t38-,39+,40-,41+,44+,45+,46+/m0/s1. The zero-order valence-corrected chi connectivity index (χ0v) is 44.3. The van der Waals surface area contributed by atoms with E-state index in [2.05, 4.69) is 166 Å². The monoisotopic (exact) mass is 849 g/mol. The summed E-state index contributed by atoms with van der Waals surface area (Å²) >= 11 is 0. The van der Waals surface area contributed by atoms with Crippen molar-refractivity contribution in [2.75, 3.05) is 6.61 Å². The molecule has 326 valence electrons. The van der Waals surface area contributed by atoms with Crippen LogP contribution in [0.4, 0.5) is 0 Å². The van der Waals surface area contributed by atoms with Crippen molar-refractivity contribution in [2.45, 2.75) is 221 Å². The maximum absolute atomic E-state index is 7.64. The molecule has 5 nitrogen and oxygen atoms in total. The van der Waals surface area contributed by atoms with Gasteiger partial charge in [-0.05, 0) is 72.6 Å². The summed E-state index contributed by atoms with van der Waals surface area (Å²) in [5.41, 5.74) is 0.633. The Kier molecular flexibility index (Phi) is 20.6. The van der Waals surface area contributed by atoms with Gasteiger partial charge in [-0.1, -0.05) is 172 Å². The lowest BCUT2D eigenvalue weighted by molar-refractivity contribution is -0.117. The van der Waals surface area contributed by atoms with Gasteiger partial charge in [0.05, 0.1) is 24.1 Å². The van der Waals surface area contributed by atoms with E-state index in [9.17, 15) is 0 Å². The lowest BCUT2D eigenvalue weighted by Crippen LogP contribution is -2.64. The third kappa shape index (κ3) is 13.2. The Morgan fingerprint density at radius 2 is 1.27 bits per heavy atom. The van der Waals surface area contributed by atoms with Gasteiger partial charge in [-0.2, -0.15) is 0 Å². The molecule has 1 heterocycles. The van der Waals surface area contributed by atoms with Crippen LogP contribution >= 0.6 is 0 Å². The van der Waals surface area contributed by atoms with Gasteiger partial charge in [0.1, 0.15) is 0 Å². The van der Waals surface area contributed by atoms with Crippen LogP contribution in [0.15, 0.2) is 42.2 Å². The van der Waals surface area contributed by atoms with Gasteiger partial charge in [-0.3, -0.25) is 0 Å². The molecule has 7 atom stereocenters. The first-order valence-corrected chi connectivity index (χ1v) is 33.4. The maximum Gasteiger partial charge on any atom is 0.343 e. The van der Waals surface area contributed by atoms with Crippen LogP contribution in [0, 0.1) is 23.7 Å². The Bertz CT molecular complexity index is 1260. The highest BCUT2D eigenvalue weighted by molar-refractivity contribution is 6.84. The van der Waals surface area contributed by atoms with Gasteiger partial charge in [0.25, 0.3) is 8.32 Å². The topological polar surface area (TPSA) is 46.2 Å². The van der Waals surface area contributed by atoms with Crippen molar-refractivity contribution in [1.29, 1.82) is 0 Å². The molecular weight excluding hydrogens is 757 g/mol. The van der Waals surface area contributed by atoms with E-state index in [1.54, 1.807) is 0 Å². The number of unbranched alkanes of at least 4 members (excludes halogenated alkanes) is 3. The minimum absolute atomic E-state index is 0.00959. The summed E-state index contributed by atoms with van der Waals surface area (Å²) in [6.07, 6.45) is 9.75. The van der Waals surface area contributed by atoms with Gasteiger partial charge in [0.2, 0.25) is 0 Å². The first kappa shape index (κ1) is 51.6. The molecule has 1 aliphatic heterocycles. The number of hydrogen-bond donors (Lipinski definition) is 0. The highest BCUT2D eigenvalue weighted by Crippen LogP contribution is 2.48. The third-order valence-corrected chi connectivity index (χ3v) is 29.8. The van der Waals surface area contributed by atoms with Crippen LogP contribution in [-0.4, -0.2) is 58.4 Å². The van der Waals surface area contributed by atoms with Crippen molar-refractivity contribution in [1.82, 2.24) is 0 Å². The Hall–Kier alpha value is -0.532. The molecule has 1 aliphatic rings. The van der Waals surface area contributed by atoms with Crippen molar-refractivity contribution in [3.63, 3.8) is 0 Å². The normalized spacial score (nSPS) is 22.3. The van der Waals surface area contributed by atoms with Gasteiger partial charge >= 0.3 is 8.56 Å². The first-order valence-electron chi connectivity index (χ1n) is 23.1. The molecule has 0 N–H and O–H groups in total. The molecule has 0 unspecified atom stereocenters. The van der Waals surface area contributed by atoms with E-state index >= 15 is 0 Å². The van der Waals surface area contributed by atoms with E-state index in [0.29, 0.717) is 11.1 Å². The molecule has 0 aliphatic carbocycles. The molecule has 9 heteroatoms. The van der Waals surface area contributed by atoms with E-state index in [-0.39, 0.29) is 47.0 Å². The fourth-order valence-corrected chi connectivity index (χ4v) is 21.4. The Labute approximate surface area is 352 Å². The summed E-state index contributed by atoms with van der Waals surface area (Å²) in [5.74, 6) is 1.67. The largest absolute Gasteiger partial charge is 0.543 e. The van der Waals surface area contributed by atoms with Crippen molar-refractivity contribution in [2.24, 2.45) is 23.7 Å². The molecular formula is C47H92O5Si4. The van der Waals surface area contributed by atoms with Crippen molar-refractivity contribution in [3.8, 4) is 0 Å². The van der Waals surface area contributed by atoms with Crippen LogP contribution < -0.4 is 5.19 Å². The highest BCUT2D eigenvalue weighted by Gasteiger charge is 2.57. The molecule has 0 amide bonds. The van der Waals surface area contributed by atoms with Crippen LogP contribution in [0.5, 0.6) is 0 Å². The quantitative estimate of drug-likeness (QED) is 0.0766. The zero-order chi connectivity index (χ0) is 42.7. The first-order chi connectivity index (χ1) is 26.0. The molecule has 1 aromatic carbocycles. The van der Waals surface area contributed by atoms with E-state index < -0.39 is 33.5 Å². The van der Waals surface area contributed by atoms with Crippen LogP contribution in [0.25, 0.3) is 0 Å². The van der Waals surface area contributed by atoms with Crippen LogP contribution in [0.2, 0.25) is 60.4 Å². The minimum atomic E-state index is -2.69. The van der Waals surface area contributed by atoms with Crippen molar-refractivity contribution < 1.29 is 22.1 Å². The Morgan fingerprint density at radius 1 is 0.786 bits per heavy atom. The van der Waals surface area contributed by atoms with Crippen LogP contribution in [0.1, 0.15) is 142 Å². The molecule has 0 saturated carbocycles. The predicted octanol–water partition coefficient (Wildman–Crippen LogP) is 14.4. The lowest BCUT2D eigenvalue weighted by atomic mass is 9.79. The third-order valence-electron chi connectivity index (χ3n) is 13.8. The van der Waals surface area contributed by atoms with Crippen molar-refractivity contribution >= 4 is 38.7 Å². The summed E-state index contributed by atoms with van der Waals surface area (Å²) in [5, 5.41) is 1.37. The lowest BCUT2D eigenvalue weighted by Gasteiger charge is -2.55. The van der Waals surface area contributed by atoms with Gasteiger partial charge in [-0.15, -0.1) is 0 Å². The van der Waals surface area contributed by atoms with Gasteiger partial charge in [-0.25, -0.2) is 0 Å². The SMILES string of the molecule is C/C=C(\O[Si](C)(C)c1ccccc1)[C@@H](C)[C@@H](O[Si](C)(C)C(C)(C)C)[C@@H](C)[C@@H]1O[Si](C(C)C)(C(C)C)O[C@H]([C@@H](C)CO[Si](CCCC)(CCCC)CCCC)[C@@H]1C. The smallest absolute Gasteiger partial charge is 0.343 e. The van der Waals surface area contributed by atoms with Gasteiger partial charge in [0.15, 0.2) is 16.6 Å². The second kappa shape index (κ2) is 22.4. The molecule has 0 aromatic heterocycles. The number of hydrogen-bond acceptors (Lipinski definition) is 5. The molecule has 0 radical (unpaired) electrons. The second-order valence-electron chi connectivity index (χ2n) is 20.5. The Morgan fingerprint density at radius 3 is 1.70 bits per heavy atom. The predicted molar refractivity (Wildman–Crippen MR) is 254 cm³/mol. The number of allylic oxidation sites excluding steroid dienone is 1. The van der Waals surface area contributed by atoms with Crippen LogP contribution in [0.3, 0.4) is 0 Å². The van der Waals surface area contributed by atoms with Gasteiger partial charge < -0.3 is 22.1 Å². The highest BCUT2D eigenvalue weighted by atomic mass is 28.4. The summed E-state index contributed by atoms with van der Waals surface area (Å²) in [6.45, 7) is 45.4. The minimum Gasteiger partial charge on any atom is -0.543 e. The number of rotatable bonds is 24. The second-order valence-corrected chi connectivity index (χ2v) is 37.4. The fraction of sp³-hybridized carbons (Fsp3) is 0.830. The summed E-state index contributed by atoms with van der Waals surface area (Å²) in [6, 6.07) is 14.7. The summed E-state index contributed by atoms with van der Waals surface area (Å²) in [7, 11) is -9.02. The van der Waals surface area contributed by atoms with Crippen LogP contribution in [-0.2, 0) is 22.1 Å². The molecule has 2 rings (SSSR count). The molecule has 0 spiro atoms. The van der Waals surface area contributed by atoms with E-state index in [4.69, 9.17) is 22.1 Å². The van der Waals surface area contributed by atoms with E-state index in [0.717, 1.165) is 12.4 Å². The molecule has 1 saturated heterocycles. The summed E-state index contributed by atoms with van der Waals surface area (Å²) < 4.78 is 37.4. The molecule has 0 bridgehead atoms. The fourth-order valence-electron chi connectivity index (χ4n) is 8.92.